The summed E-state index contributed by atoms with van der Waals surface area (Å²) in [6.07, 6.45) is 5.15. The number of allylic oxidation sites excluding steroid dienone is 1. The summed E-state index contributed by atoms with van der Waals surface area (Å²) in [5, 5.41) is 20.5. The smallest absolute Gasteiger partial charge is 0.237 e. The van der Waals surface area contributed by atoms with Gasteiger partial charge >= 0.3 is 0 Å². The number of amides is 1. The Kier molecular flexibility index (Phi) is 6.19. The van der Waals surface area contributed by atoms with Gasteiger partial charge in [0.1, 0.15) is 0 Å². The van der Waals surface area contributed by atoms with E-state index in [2.05, 4.69) is 33.1 Å². The molecule has 1 N–H and O–H groups in total. The van der Waals surface area contributed by atoms with Gasteiger partial charge in [-0.2, -0.15) is 5.26 Å². The second-order valence-electron chi connectivity index (χ2n) is 5.88. The van der Waals surface area contributed by atoms with Crippen molar-refractivity contribution in [1.82, 2.24) is 19.7 Å². The lowest BCUT2D eigenvalue weighted by Gasteiger charge is -2.13. The number of hydrogen-bond donors (Lipinski definition) is 1. The van der Waals surface area contributed by atoms with Gasteiger partial charge in [-0.25, -0.2) is 0 Å². The number of nitrogens with one attached hydrogen (secondary N) is 1. The maximum absolute atomic E-state index is 12.6. The molecule has 28 heavy (non-hydrogen) atoms. The molecule has 0 bridgehead atoms. The molecule has 0 aliphatic rings. The molecule has 7 nitrogen and oxygen atoms in total. The first-order valence-corrected chi connectivity index (χ1v) is 9.42. The van der Waals surface area contributed by atoms with Crippen LogP contribution in [-0.2, 0) is 11.3 Å². The Bertz CT molecular complexity index is 1020. The Morgan fingerprint density at radius 1 is 1.36 bits per heavy atom. The molecule has 0 saturated heterocycles. The van der Waals surface area contributed by atoms with E-state index < -0.39 is 5.25 Å². The van der Waals surface area contributed by atoms with Crippen LogP contribution in [0.1, 0.15) is 12.5 Å². The summed E-state index contributed by atoms with van der Waals surface area (Å²) < 4.78 is 1.91. The summed E-state index contributed by atoms with van der Waals surface area (Å²) >= 11 is 1.31. The molecule has 1 aromatic carbocycles. The van der Waals surface area contributed by atoms with E-state index in [1.807, 2.05) is 16.7 Å². The van der Waals surface area contributed by atoms with Crippen LogP contribution in [0.2, 0.25) is 0 Å². The largest absolute Gasteiger partial charge is 0.325 e. The fraction of sp³-hybridized carbons (Fsp3) is 0.150. The van der Waals surface area contributed by atoms with Crippen LogP contribution >= 0.6 is 11.8 Å². The molecule has 0 aliphatic carbocycles. The van der Waals surface area contributed by atoms with Crippen molar-refractivity contribution in [2.45, 2.75) is 23.9 Å². The molecular formula is C20H18N6OS. The van der Waals surface area contributed by atoms with Crippen molar-refractivity contribution >= 4 is 23.4 Å². The van der Waals surface area contributed by atoms with Crippen LogP contribution < -0.4 is 5.32 Å². The van der Waals surface area contributed by atoms with Gasteiger partial charge in [0.2, 0.25) is 5.91 Å². The monoisotopic (exact) mass is 390 g/mol. The Morgan fingerprint density at radius 2 is 2.14 bits per heavy atom. The second-order valence-corrected chi connectivity index (χ2v) is 7.19. The van der Waals surface area contributed by atoms with Crippen molar-refractivity contribution in [2.75, 3.05) is 5.32 Å². The second kappa shape index (κ2) is 8.97. The van der Waals surface area contributed by atoms with Crippen LogP contribution in [0.5, 0.6) is 0 Å². The first-order valence-electron chi connectivity index (χ1n) is 8.54. The lowest BCUT2D eigenvalue weighted by atomic mass is 10.2. The van der Waals surface area contributed by atoms with Crippen molar-refractivity contribution < 1.29 is 4.79 Å². The normalized spacial score (nSPS) is 11.4. The Hall–Kier alpha value is -3.44. The fourth-order valence-corrected chi connectivity index (χ4v) is 3.36. The number of aromatic nitrogens is 4. The van der Waals surface area contributed by atoms with Crippen molar-refractivity contribution in [1.29, 1.82) is 5.26 Å². The maximum atomic E-state index is 12.6. The minimum atomic E-state index is -0.413. The van der Waals surface area contributed by atoms with E-state index in [0.29, 0.717) is 28.8 Å². The molecule has 0 radical (unpaired) electrons. The fourth-order valence-electron chi connectivity index (χ4n) is 2.51. The third-order valence-electron chi connectivity index (χ3n) is 3.88. The molecule has 2 heterocycles. The maximum Gasteiger partial charge on any atom is 0.237 e. The first kappa shape index (κ1) is 19.3. The van der Waals surface area contributed by atoms with Crippen molar-refractivity contribution in [3.05, 3.63) is 67.0 Å². The third kappa shape index (κ3) is 4.45. The molecule has 1 amide bonds. The van der Waals surface area contributed by atoms with E-state index in [1.54, 1.807) is 49.7 Å². The van der Waals surface area contributed by atoms with Gasteiger partial charge in [-0.05, 0) is 37.3 Å². The minimum absolute atomic E-state index is 0.182. The number of carbonyl (C=O) groups excluding carboxylic acids is 1. The molecule has 2 aromatic heterocycles. The molecule has 140 valence electrons. The summed E-state index contributed by atoms with van der Waals surface area (Å²) in [6, 6.07) is 12.6. The summed E-state index contributed by atoms with van der Waals surface area (Å²) in [5.74, 6) is 0.512. The molecule has 1 atom stereocenters. The molecule has 0 unspecified atom stereocenters. The number of rotatable bonds is 7. The average molecular weight is 390 g/mol. The van der Waals surface area contributed by atoms with Crippen molar-refractivity contribution in [3.8, 4) is 17.5 Å². The number of hydrogen-bond acceptors (Lipinski definition) is 6. The van der Waals surface area contributed by atoms with Crippen LogP contribution in [0.15, 0.2) is 66.6 Å². The Balaban J connectivity index is 1.77. The van der Waals surface area contributed by atoms with E-state index in [-0.39, 0.29) is 5.91 Å². The molecule has 8 heteroatoms. The number of thioether (sulfide) groups is 1. The number of benzene rings is 1. The molecule has 0 aliphatic heterocycles. The van der Waals surface area contributed by atoms with E-state index in [1.165, 1.54) is 11.8 Å². The summed E-state index contributed by atoms with van der Waals surface area (Å²) in [4.78, 5) is 16.6. The number of carbonyl (C=O) groups is 1. The van der Waals surface area contributed by atoms with E-state index in [4.69, 9.17) is 5.26 Å². The number of nitriles is 1. The Morgan fingerprint density at radius 3 is 2.86 bits per heavy atom. The highest BCUT2D eigenvalue weighted by Crippen LogP contribution is 2.27. The van der Waals surface area contributed by atoms with Gasteiger partial charge in [0.05, 0.1) is 16.9 Å². The summed E-state index contributed by atoms with van der Waals surface area (Å²) in [6.45, 7) is 6.11. The Labute approximate surface area is 167 Å². The van der Waals surface area contributed by atoms with Crippen LogP contribution in [0, 0.1) is 11.3 Å². The summed E-state index contributed by atoms with van der Waals surface area (Å²) in [5.41, 5.74) is 1.97. The van der Waals surface area contributed by atoms with Gasteiger partial charge in [0.25, 0.3) is 0 Å². The number of nitrogens with zero attached hydrogens (tertiary/aromatic N) is 5. The van der Waals surface area contributed by atoms with Crippen LogP contribution in [0.25, 0.3) is 11.4 Å². The topological polar surface area (TPSA) is 96.5 Å². The molecular weight excluding hydrogens is 372 g/mol. The standard InChI is InChI=1S/C20H18N6OS/c1-3-11-26-18(16-7-9-22-10-8-16)24-25-20(26)28-14(2)19(27)23-17-6-4-5-15(12-17)13-21/h3-10,12,14H,1,11H2,2H3,(H,23,27)/t14-/m0/s1. The van der Waals surface area contributed by atoms with Crippen molar-refractivity contribution in [2.24, 2.45) is 0 Å². The van der Waals surface area contributed by atoms with Crippen LogP contribution in [-0.4, -0.2) is 30.9 Å². The van der Waals surface area contributed by atoms with Crippen LogP contribution in [0.3, 0.4) is 0 Å². The predicted molar refractivity (Wildman–Crippen MR) is 109 cm³/mol. The van der Waals surface area contributed by atoms with E-state index in [9.17, 15) is 4.79 Å². The molecule has 0 spiro atoms. The van der Waals surface area contributed by atoms with E-state index >= 15 is 0 Å². The quantitative estimate of drug-likeness (QED) is 0.490. The highest BCUT2D eigenvalue weighted by atomic mass is 32.2. The first-order chi connectivity index (χ1) is 13.6. The number of pyridine rings is 1. The zero-order chi connectivity index (χ0) is 19.9. The van der Waals surface area contributed by atoms with Crippen LogP contribution in [0.4, 0.5) is 5.69 Å². The van der Waals surface area contributed by atoms with Gasteiger partial charge in [-0.1, -0.05) is 23.9 Å². The SMILES string of the molecule is C=CCn1c(S[C@@H](C)C(=O)Nc2cccc(C#N)c2)nnc1-c1ccncc1. The van der Waals surface area contributed by atoms with Gasteiger partial charge in [0.15, 0.2) is 11.0 Å². The van der Waals surface area contributed by atoms with Gasteiger partial charge in [-0.15, -0.1) is 16.8 Å². The molecule has 3 rings (SSSR count). The lowest BCUT2D eigenvalue weighted by molar-refractivity contribution is -0.115. The lowest BCUT2D eigenvalue weighted by Crippen LogP contribution is -2.23. The predicted octanol–water partition coefficient (Wildman–Crippen LogP) is 3.52. The molecule has 3 aromatic rings. The van der Waals surface area contributed by atoms with E-state index in [0.717, 1.165) is 5.56 Å². The van der Waals surface area contributed by atoms with Gasteiger partial charge in [-0.3, -0.25) is 14.3 Å². The minimum Gasteiger partial charge on any atom is -0.325 e. The third-order valence-corrected chi connectivity index (χ3v) is 4.96. The highest BCUT2D eigenvalue weighted by Gasteiger charge is 2.20. The van der Waals surface area contributed by atoms with Gasteiger partial charge in [0, 0.05) is 30.2 Å². The summed E-state index contributed by atoms with van der Waals surface area (Å²) in [7, 11) is 0. The zero-order valence-corrected chi connectivity index (χ0v) is 16.1. The van der Waals surface area contributed by atoms with Crippen molar-refractivity contribution in [3.63, 3.8) is 0 Å². The molecule has 0 saturated carbocycles. The average Bonchev–Trinajstić information content (AvgIpc) is 3.11. The van der Waals surface area contributed by atoms with Gasteiger partial charge < -0.3 is 5.32 Å². The highest BCUT2D eigenvalue weighted by molar-refractivity contribution is 8.00. The zero-order valence-electron chi connectivity index (χ0n) is 15.2. The number of anilines is 1. The molecule has 0 fully saturated rings.